The normalized spacial score (nSPS) is 10.8. The molecule has 2 N–H and O–H groups in total. The van der Waals surface area contributed by atoms with Crippen LogP contribution in [0.25, 0.3) is 11.3 Å². The molecule has 6 heteroatoms. The van der Waals surface area contributed by atoms with E-state index in [4.69, 9.17) is 0 Å². The van der Waals surface area contributed by atoms with Gasteiger partial charge in [0.25, 0.3) is 0 Å². The van der Waals surface area contributed by atoms with Crippen LogP contribution in [0.3, 0.4) is 0 Å². The molecule has 0 atom stereocenters. The van der Waals surface area contributed by atoms with Gasteiger partial charge in [-0.25, -0.2) is 4.98 Å². The molecular formula is C21H26N6. The second kappa shape index (κ2) is 9.09. The highest BCUT2D eigenvalue weighted by Gasteiger charge is 2.07. The van der Waals surface area contributed by atoms with Crippen LogP contribution in [0.5, 0.6) is 0 Å². The minimum Gasteiger partial charge on any atom is -0.354 e. The van der Waals surface area contributed by atoms with Crippen molar-refractivity contribution < 1.29 is 0 Å². The predicted octanol–water partition coefficient (Wildman–Crippen LogP) is 3.95. The van der Waals surface area contributed by atoms with Gasteiger partial charge in [0, 0.05) is 36.3 Å². The Morgan fingerprint density at radius 1 is 1.04 bits per heavy atom. The van der Waals surface area contributed by atoms with Gasteiger partial charge < -0.3 is 15.5 Å². The van der Waals surface area contributed by atoms with Gasteiger partial charge in [-0.15, -0.1) is 0 Å². The van der Waals surface area contributed by atoms with Gasteiger partial charge in [0.05, 0.1) is 5.69 Å². The third-order valence-corrected chi connectivity index (χ3v) is 4.07. The fraction of sp³-hybridized carbons (Fsp3) is 0.286. The predicted molar refractivity (Wildman–Crippen MR) is 111 cm³/mol. The van der Waals surface area contributed by atoms with Crippen molar-refractivity contribution in [1.82, 2.24) is 19.9 Å². The molecule has 3 rings (SSSR count). The lowest BCUT2D eigenvalue weighted by Crippen LogP contribution is -2.17. The van der Waals surface area contributed by atoms with E-state index in [1.165, 1.54) is 5.56 Å². The van der Waals surface area contributed by atoms with Crippen molar-refractivity contribution >= 4 is 17.5 Å². The van der Waals surface area contributed by atoms with Crippen molar-refractivity contribution in [2.45, 2.75) is 13.3 Å². The number of hydrogen-bond donors (Lipinski definition) is 2. The Kier molecular flexibility index (Phi) is 6.33. The molecule has 2 heterocycles. The second-order valence-corrected chi connectivity index (χ2v) is 6.78. The monoisotopic (exact) mass is 362 g/mol. The molecule has 0 amide bonds. The summed E-state index contributed by atoms with van der Waals surface area (Å²) in [6.07, 6.45) is 4.60. The topological polar surface area (TPSA) is 66.0 Å². The van der Waals surface area contributed by atoms with E-state index < -0.39 is 0 Å². The van der Waals surface area contributed by atoms with Crippen LogP contribution in [0, 0.1) is 6.92 Å². The maximum atomic E-state index is 4.66. The van der Waals surface area contributed by atoms with Crippen LogP contribution in [-0.4, -0.2) is 47.0 Å². The average molecular weight is 362 g/mol. The summed E-state index contributed by atoms with van der Waals surface area (Å²) in [7, 11) is 4.15. The van der Waals surface area contributed by atoms with Crippen molar-refractivity contribution in [3.63, 3.8) is 0 Å². The molecule has 3 aromatic rings. The molecule has 0 spiro atoms. The first-order chi connectivity index (χ1) is 13.1. The van der Waals surface area contributed by atoms with Gasteiger partial charge in [0.1, 0.15) is 5.82 Å². The summed E-state index contributed by atoms with van der Waals surface area (Å²) in [4.78, 5) is 15.7. The van der Waals surface area contributed by atoms with Crippen LogP contribution in [0.15, 0.2) is 54.9 Å². The summed E-state index contributed by atoms with van der Waals surface area (Å²) in [6.45, 7) is 3.91. The summed E-state index contributed by atoms with van der Waals surface area (Å²) >= 11 is 0. The Morgan fingerprint density at radius 2 is 1.85 bits per heavy atom. The van der Waals surface area contributed by atoms with Gasteiger partial charge in [-0.2, -0.15) is 4.98 Å². The van der Waals surface area contributed by atoms with Crippen molar-refractivity contribution in [3.05, 3.63) is 60.4 Å². The lowest BCUT2D eigenvalue weighted by molar-refractivity contribution is 0.405. The molecule has 0 unspecified atom stereocenters. The molecule has 0 aliphatic heterocycles. The van der Waals surface area contributed by atoms with Crippen molar-refractivity contribution in [2.75, 3.05) is 37.8 Å². The first-order valence-electron chi connectivity index (χ1n) is 9.12. The molecule has 0 radical (unpaired) electrons. The van der Waals surface area contributed by atoms with E-state index in [0.717, 1.165) is 42.3 Å². The van der Waals surface area contributed by atoms with E-state index in [1.807, 2.05) is 36.5 Å². The first kappa shape index (κ1) is 18.8. The molecular weight excluding hydrogens is 336 g/mol. The van der Waals surface area contributed by atoms with Crippen molar-refractivity contribution in [2.24, 2.45) is 0 Å². The van der Waals surface area contributed by atoms with Crippen molar-refractivity contribution in [1.29, 1.82) is 0 Å². The zero-order chi connectivity index (χ0) is 19.1. The number of anilines is 3. The summed E-state index contributed by atoms with van der Waals surface area (Å²) in [6, 6.07) is 14.1. The van der Waals surface area contributed by atoms with E-state index in [2.05, 4.69) is 63.6 Å². The van der Waals surface area contributed by atoms with E-state index in [1.54, 1.807) is 6.20 Å². The highest BCUT2D eigenvalue weighted by molar-refractivity contribution is 5.66. The molecule has 0 aliphatic rings. The van der Waals surface area contributed by atoms with Crippen LogP contribution >= 0.6 is 0 Å². The van der Waals surface area contributed by atoms with E-state index in [-0.39, 0.29) is 0 Å². The summed E-state index contributed by atoms with van der Waals surface area (Å²) in [5.41, 5.74) is 4.02. The zero-order valence-electron chi connectivity index (χ0n) is 16.1. The molecule has 0 aliphatic carbocycles. The minimum atomic E-state index is 0.615. The molecule has 0 saturated carbocycles. The van der Waals surface area contributed by atoms with Crippen LogP contribution in [-0.2, 0) is 0 Å². The first-order valence-corrected chi connectivity index (χ1v) is 9.12. The number of nitrogens with zero attached hydrogens (tertiary/aromatic N) is 4. The molecule has 6 nitrogen and oxygen atoms in total. The Labute approximate surface area is 160 Å². The lowest BCUT2D eigenvalue weighted by atomic mass is 10.2. The number of pyridine rings is 1. The van der Waals surface area contributed by atoms with Gasteiger partial charge >= 0.3 is 0 Å². The lowest BCUT2D eigenvalue weighted by Gasteiger charge is -2.13. The number of nitrogens with one attached hydrogen (secondary N) is 2. The van der Waals surface area contributed by atoms with Gasteiger partial charge in [0.2, 0.25) is 5.95 Å². The Balaban J connectivity index is 1.82. The van der Waals surface area contributed by atoms with Crippen LogP contribution in [0.2, 0.25) is 0 Å². The van der Waals surface area contributed by atoms with E-state index >= 15 is 0 Å². The molecule has 140 valence electrons. The number of benzene rings is 1. The molecule has 0 bridgehead atoms. The standard InChI is InChI=1S/C21H26N6/c1-16-7-9-18(10-8-16)24-20-14-19(17-6-4-11-22-15-17)25-21(26-20)23-12-5-13-27(2)3/h4,6-11,14-15H,5,12-13H2,1-3H3,(H2,23,24,25,26). The fourth-order valence-corrected chi connectivity index (χ4v) is 2.63. The third-order valence-electron chi connectivity index (χ3n) is 4.07. The fourth-order valence-electron chi connectivity index (χ4n) is 2.63. The summed E-state index contributed by atoms with van der Waals surface area (Å²) < 4.78 is 0. The SMILES string of the molecule is Cc1ccc(Nc2cc(-c3cccnc3)nc(NCCCN(C)C)n2)cc1. The van der Waals surface area contributed by atoms with Crippen molar-refractivity contribution in [3.8, 4) is 11.3 Å². The number of aryl methyl sites for hydroxylation is 1. The smallest absolute Gasteiger partial charge is 0.225 e. The summed E-state index contributed by atoms with van der Waals surface area (Å²) in [5, 5.41) is 6.71. The quantitative estimate of drug-likeness (QED) is 0.592. The van der Waals surface area contributed by atoms with Crippen LogP contribution in [0.1, 0.15) is 12.0 Å². The molecule has 1 aromatic carbocycles. The number of aromatic nitrogens is 3. The zero-order valence-corrected chi connectivity index (χ0v) is 16.1. The average Bonchev–Trinajstić information content (AvgIpc) is 2.67. The second-order valence-electron chi connectivity index (χ2n) is 6.78. The van der Waals surface area contributed by atoms with Crippen LogP contribution < -0.4 is 10.6 Å². The maximum Gasteiger partial charge on any atom is 0.225 e. The van der Waals surface area contributed by atoms with Gasteiger partial charge in [-0.1, -0.05) is 17.7 Å². The number of hydrogen-bond acceptors (Lipinski definition) is 6. The van der Waals surface area contributed by atoms with E-state index in [0.29, 0.717) is 5.95 Å². The largest absolute Gasteiger partial charge is 0.354 e. The highest BCUT2D eigenvalue weighted by atomic mass is 15.1. The van der Waals surface area contributed by atoms with Gasteiger partial charge in [-0.05, 0) is 58.3 Å². The minimum absolute atomic E-state index is 0.615. The summed E-state index contributed by atoms with van der Waals surface area (Å²) in [5.74, 6) is 1.37. The molecule has 27 heavy (non-hydrogen) atoms. The Hall–Kier alpha value is -2.99. The molecule has 2 aromatic heterocycles. The van der Waals surface area contributed by atoms with Crippen LogP contribution in [0.4, 0.5) is 17.5 Å². The third kappa shape index (κ3) is 5.76. The Bertz CT molecular complexity index is 846. The highest BCUT2D eigenvalue weighted by Crippen LogP contribution is 2.23. The maximum absolute atomic E-state index is 4.66. The van der Waals surface area contributed by atoms with Gasteiger partial charge in [-0.3, -0.25) is 4.98 Å². The van der Waals surface area contributed by atoms with E-state index in [9.17, 15) is 0 Å². The molecule has 0 fully saturated rings. The number of rotatable bonds is 8. The molecule has 0 saturated heterocycles. The Morgan fingerprint density at radius 3 is 2.56 bits per heavy atom. The van der Waals surface area contributed by atoms with Gasteiger partial charge in [0.15, 0.2) is 0 Å².